The Balaban J connectivity index is 1.63. The molecule has 1 aliphatic rings. The van der Waals surface area contributed by atoms with Crippen molar-refractivity contribution in [1.29, 1.82) is 0 Å². The van der Waals surface area contributed by atoms with Gasteiger partial charge in [-0.1, -0.05) is 31.2 Å². The van der Waals surface area contributed by atoms with Gasteiger partial charge in [-0.05, 0) is 24.1 Å². The van der Waals surface area contributed by atoms with Gasteiger partial charge in [-0.2, -0.15) is 0 Å². The lowest BCUT2D eigenvalue weighted by atomic mass is 10.1. The van der Waals surface area contributed by atoms with E-state index in [4.69, 9.17) is 9.15 Å². The number of hydrogen-bond donors (Lipinski definition) is 0. The molecule has 6 nitrogen and oxygen atoms in total. The van der Waals surface area contributed by atoms with Crippen molar-refractivity contribution >= 4 is 29.4 Å². The Kier molecular flexibility index (Phi) is 6.01. The fourth-order valence-corrected chi connectivity index (χ4v) is 4.38. The van der Waals surface area contributed by atoms with E-state index in [1.807, 2.05) is 19.1 Å². The number of furan rings is 1. The third-order valence-electron chi connectivity index (χ3n) is 4.45. The highest BCUT2D eigenvalue weighted by molar-refractivity contribution is 7.99. The van der Waals surface area contributed by atoms with Crippen molar-refractivity contribution in [2.45, 2.75) is 31.7 Å². The van der Waals surface area contributed by atoms with Crippen molar-refractivity contribution < 1.29 is 23.5 Å². The van der Waals surface area contributed by atoms with Crippen LogP contribution in [-0.2, 0) is 20.7 Å². The maximum atomic E-state index is 12.5. The topological polar surface area (TPSA) is 76.8 Å². The number of aryl methyl sites for hydroxylation is 1. The fourth-order valence-electron chi connectivity index (χ4n) is 2.97. The molecule has 0 N–H and O–H groups in total. The summed E-state index contributed by atoms with van der Waals surface area (Å²) in [7, 11) is 0. The zero-order valence-electron chi connectivity index (χ0n) is 15.2. The van der Waals surface area contributed by atoms with Crippen LogP contribution in [0.5, 0.6) is 0 Å². The van der Waals surface area contributed by atoms with Crippen molar-refractivity contribution in [2.75, 3.05) is 12.4 Å². The van der Waals surface area contributed by atoms with Crippen LogP contribution in [0.4, 0.5) is 0 Å². The van der Waals surface area contributed by atoms with Crippen molar-refractivity contribution in [2.24, 2.45) is 0 Å². The first kappa shape index (κ1) is 19.2. The second kappa shape index (κ2) is 8.43. The zero-order chi connectivity index (χ0) is 19.4. The highest BCUT2D eigenvalue weighted by Crippen LogP contribution is 2.41. The lowest BCUT2D eigenvalue weighted by Crippen LogP contribution is -2.43. The van der Waals surface area contributed by atoms with Gasteiger partial charge in [0.05, 0.1) is 6.26 Å². The van der Waals surface area contributed by atoms with Crippen LogP contribution in [0.3, 0.4) is 0 Å². The van der Waals surface area contributed by atoms with Crippen LogP contribution in [0.15, 0.2) is 47.1 Å². The van der Waals surface area contributed by atoms with E-state index in [0.717, 1.165) is 12.0 Å². The van der Waals surface area contributed by atoms with Crippen molar-refractivity contribution in [3.8, 4) is 0 Å². The first-order valence-corrected chi connectivity index (χ1v) is 9.78. The molecule has 0 saturated carbocycles. The number of benzene rings is 1. The summed E-state index contributed by atoms with van der Waals surface area (Å²) < 4.78 is 10.6. The number of Topliss-reactive ketones (excluding diaryl/α,β-unsaturated/α-hetero) is 1. The van der Waals surface area contributed by atoms with Gasteiger partial charge in [0.15, 0.2) is 12.4 Å². The molecular formula is C20H21NO5S. The number of ketones is 1. The molecule has 2 heterocycles. The number of ether oxygens (including phenoxy) is 1. The van der Waals surface area contributed by atoms with Gasteiger partial charge in [-0.15, -0.1) is 11.8 Å². The maximum Gasteiger partial charge on any atom is 0.330 e. The molecule has 0 spiro atoms. The van der Waals surface area contributed by atoms with Crippen LogP contribution < -0.4 is 0 Å². The van der Waals surface area contributed by atoms with E-state index in [2.05, 4.69) is 0 Å². The smallest absolute Gasteiger partial charge is 0.330 e. The van der Waals surface area contributed by atoms with Crippen LogP contribution in [0.1, 0.15) is 40.9 Å². The summed E-state index contributed by atoms with van der Waals surface area (Å²) >= 11 is 1.43. The molecule has 1 aromatic heterocycles. The minimum atomic E-state index is -0.738. The molecule has 1 amide bonds. The molecule has 0 unspecified atom stereocenters. The van der Waals surface area contributed by atoms with E-state index in [9.17, 15) is 14.4 Å². The quantitative estimate of drug-likeness (QED) is 0.559. The van der Waals surface area contributed by atoms with Gasteiger partial charge in [0, 0.05) is 18.2 Å². The monoisotopic (exact) mass is 387 g/mol. The summed E-state index contributed by atoms with van der Waals surface area (Å²) in [5.41, 5.74) is 1.63. The van der Waals surface area contributed by atoms with Crippen LogP contribution in [0.25, 0.3) is 0 Å². The number of carbonyl (C=O) groups excluding carboxylic acids is 3. The molecule has 1 saturated heterocycles. The van der Waals surface area contributed by atoms with E-state index in [-0.39, 0.29) is 23.7 Å². The Hall–Kier alpha value is -2.54. The third-order valence-corrected chi connectivity index (χ3v) is 5.74. The minimum absolute atomic E-state index is 0.246. The standard InChI is InChI=1S/C20H21NO5S/c1-3-14-6-8-15(9-7-14)17(23)11-26-20(24)16-12-27-19(21(16)13(2)22)18-5-4-10-25-18/h4-10,16,19H,3,11-12H2,1-2H3/t16-,19+/m0/s1. The van der Waals surface area contributed by atoms with E-state index in [1.54, 1.807) is 24.3 Å². The van der Waals surface area contributed by atoms with E-state index in [1.165, 1.54) is 29.8 Å². The molecule has 27 heavy (non-hydrogen) atoms. The SMILES string of the molecule is CCc1ccc(C(=O)COC(=O)[C@@H]2CS[C@H](c3ccco3)N2C(C)=O)cc1. The molecule has 142 valence electrons. The van der Waals surface area contributed by atoms with E-state index < -0.39 is 12.0 Å². The maximum absolute atomic E-state index is 12.5. The average molecular weight is 387 g/mol. The summed E-state index contributed by atoms with van der Waals surface area (Å²) in [6.07, 6.45) is 2.42. The summed E-state index contributed by atoms with van der Waals surface area (Å²) in [5.74, 6) is -0.0929. The molecule has 2 aromatic rings. The second-order valence-electron chi connectivity index (χ2n) is 6.22. The first-order valence-electron chi connectivity index (χ1n) is 8.74. The van der Waals surface area contributed by atoms with Crippen LogP contribution in [0, 0.1) is 0 Å². The first-order chi connectivity index (χ1) is 13.0. The molecule has 0 aliphatic carbocycles. The summed E-state index contributed by atoms with van der Waals surface area (Å²) in [5, 5.41) is -0.368. The largest absolute Gasteiger partial charge is 0.466 e. The predicted octanol–water partition coefficient (Wildman–Crippen LogP) is 3.23. The number of amides is 1. The van der Waals surface area contributed by atoms with Crippen molar-refractivity contribution in [1.82, 2.24) is 4.90 Å². The fraction of sp³-hybridized carbons (Fsp3) is 0.350. The molecule has 2 atom stereocenters. The van der Waals surface area contributed by atoms with Gasteiger partial charge in [0.1, 0.15) is 17.2 Å². The molecular weight excluding hydrogens is 366 g/mol. The third kappa shape index (κ3) is 4.24. The Labute approximate surface area is 161 Å². The van der Waals surface area contributed by atoms with Crippen molar-refractivity contribution in [3.05, 3.63) is 59.5 Å². The number of carbonyl (C=O) groups is 3. The van der Waals surface area contributed by atoms with Gasteiger partial charge in [0.2, 0.25) is 5.91 Å². The van der Waals surface area contributed by atoms with E-state index in [0.29, 0.717) is 17.1 Å². The lowest BCUT2D eigenvalue weighted by Gasteiger charge is -2.25. The Morgan fingerprint density at radius 1 is 1.22 bits per heavy atom. The van der Waals surface area contributed by atoms with E-state index >= 15 is 0 Å². The van der Waals surface area contributed by atoms with Gasteiger partial charge < -0.3 is 14.1 Å². The molecule has 7 heteroatoms. The number of nitrogens with zero attached hydrogens (tertiary/aromatic N) is 1. The summed E-state index contributed by atoms with van der Waals surface area (Å²) in [6.45, 7) is 3.10. The van der Waals surface area contributed by atoms with Crippen LogP contribution in [0.2, 0.25) is 0 Å². The predicted molar refractivity (Wildman–Crippen MR) is 101 cm³/mol. The molecule has 0 bridgehead atoms. The molecule has 1 aliphatic heterocycles. The van der Waals surface area contributed by atoms with Crippen LogP contribution >= 0.6 is 11.8 Å². The highest BCUT2D eigenvalue weighted by atomic mass is 32.2. The number of rotatable bonds is 6. The van der Waals surface area contributed by atoms with Gasteiger partial charge in [-0.25, -0.2) is 4.79 Å². The van der Waals surface area contributed by atoms with Crippen molar-refractivity contribution in [3.63, 3.8) is 0 Å². The van der Waals surface area contributed by atoms with Crippen LogP contribution in [-0.4, -0.2) is 41.0 Å². The number of esters is 1. The Morgan fingerprint density at radius 2 is 1.96 bits per heavy atom. The highest BCUT2D eigenvalue weighted by Gasteiger charge is 2.43. The Morgan fingerprint density at radius 3 is 2.56 bits per heavy atom. The zero-order valence-corrected chi connectivity index (χ0v) is 16.0. The minimum Gasteiger partial charge on any atom is -0.466 e. The van der Waals surface area contributed by atoms with Gasteiger partial charge >= 0.3 is 5.97 Å². The number of hydrogen-bond acceptors (Lipinski definition) is 6. The molecule has 0 radical (unpaired) electrons. The lowest BCUT2D eigenvalue weighted by molar-refractivity contribution is -0.152. The number of thioether (sulfide) groups is 1. The average Bonchev–Trinajstić information content (AvgIpc) is 3.35. The second-order valence-corrected chi connectivity index (χ2v) is 7.34. The summed E-state index contributed by atoms with van der Waals surface area (Å²) in [4.78, 5) is 38.3. The summed E-state index contributed by atoms with van der Waals surface area (Å²) in [6, 6.07) is 10.00. The van der Waals surface area contributed by atoms with Gasteiger partial charge in [0.25, 0.3) is 0 Å². The van der Waals surface area contributed by atoms with Gasteiger partial charge in [-0.3, -0.25) is 9.59 Å². The Bertz CT molecular complexity index is 815. The molecule has 1 aromatic carbocycles. The molecule has 3 rings (SSSR count). The normalized spacial score (nSPS) is 19.1. The molecule has 1 fully saturated rings.